The van der Waals surface area contributed by atoms with Gasteiger partial charge in [-0.05, 0) is 44.4 Å². The van der Waals surface area contributed by atoms with Gasteiger partial charge in [-0.2, -0.15) is 0 Å². The second-order valence-electron chi connectivity index (χ2n) is 7.76. The predicted octanol–water partition coefficient (Wildman–Crippen LogP) is 6.14. The van der Waals surface area contributed by atoms with Crippen molar-refractivity contribution in [1.82, 2.24) is 0 Å². The third-order valence-electron chi connectivity index (χ3n) is 5.36. The molecule has 26 heavy (non-hydrogen) atoms. The third kappa shape index (κ3) is 14.4. The van der Waals surface area contributed by atoms with Gasteiger partial charge in [-0.25, -0.2) is 0 Å². The molecule has 0 aliphatic carbocycles. The lowest BCUT2D eigenvalue weighted by Gasteiger charge is -2.22. The molecule has 154 valence electrons. The Kier molecular flexibility index (Phi) is 18.3. The average molecular weight is 368 g/mol. The zero-order chi connectivity index (χ0) is 19.5. The van der Waals surface area contributed by atoms with Crippen LogP contribution in [0.15, 0.2) is 12.2 Å². The first kappa shape index (κ1) is 25.2. The number of aliphatic hydroxyl groups excluding tert-OH is 1. The molecule has 0 aromatic rings. The van der Waals surface area contributed by atoms with E-state index in [9.17, 15) is 9.90 Å². The number of unbranched alkanes of at least 4 members (excludes halogenated alkanes) is 10. The predicted molar refractivity (Wildman–Crippen MR) is 113 cm³/mol. The Bertz CT molecular complexity index is 341. The summed E-state index contributed by atoms with van der Waals surface area (Å²) in [5, 5.41) is 9.48. The lowest BCUT2D eigenvalue weighted by Crippen LogP contribution is -2.32. The van der Waals surface area contributed by atoms with E-state index in [4.69, 9.17) is 5.73 Å². The van der Waals surface area contributed by atoms with Gasteiger partial charge in [-0.15, -0.1) is 0 Å². The van der Waals surface area contributed by atoms with Gasteiger partial charge in [-0.3, -0.25) is 4.79 Å². The highest BCUT2D eigenvalue weighted by Gasteiger charge is 2.24. The number of primary amides is 1. The van der Waals surface area contributed by atoms with Gasteiger partial charge in [0.25, 0.3) is 0 Å². The Hall–Kier alpha value is -0.830. The first-order chi connectivity index (χ1) is 12.7. The molecular formula is C23H45NO2. The van der Waals surface area contributed by atoms with E-state index < -0.39 is 0 Å². The summed E-state index contributed by atoms with van der Waals surface area (Å²) in [5.41, 5.74) is 5.54. The van der Waals surface area contributed by atoms with Crippen LogP contribution in [0.25, 0.3) is 0 Å². The van der Waals surface area contributed by atoms with Gasteiger partial charge in [0, 0.05) is 12.5 Å². The first-order valence-electron chi connectivity index (χ1n) is 11.2. The van der Waals surface area contributed by atoms with Crippen LogP contribution in [0.4, 0.5) is 0 Å². The van der Waals surface area contributed by atoms with Crippen LogP contribution < -0.4 is 5.73 Å². The standard InChI is InChI=1S/C23H45NO2/c1-3-5-6-7-8-9-10-11-12-13-14-15-16-17-19-22(23(24)26)21(20-25)18-4-2/h8-9,21-22,25H,3-7,10-20H2,1-2H3,(H2,24,26)/b9-8-. The first-order valence-corrected chi connectivity index (χ1v) is 11.2. The molecule has 0 fully saturated rings. The fourth-order valence-electron chi connectivity index (χ4n) is 3.66. The minimum absolute atomic E-state index is 0.0486. The third-order valence-corrected chi connectivity index (χ3v) is 5.36. The molecule has 2 atom stereocenters. The molecule has 0 aromatic heterocycles. The minimum Gasteiger partial charge on any atom is -0.396 e. The SMILES string of the molecule is CCCCC/C=C\CCCCCCCCCC(C(N)=O)C(CO)CCC. The summed E-state index contributed by atoms with van der Waals surface area (Å²) in [7, 11) is 0. The summed E-state index contributed by atoms with van der Waals surface area (Å²) in [6.07, 6.45) is 22.6. The topological polar surface area (TPSA) is 63.3 Å². The van der Waals surface area contributed by atoms with Crippen LogP contribution in [0.3, 0.4) is 0 Å². The van der Waals surface area contributed by atoms with Gasteiger partial charge in [0.05, 0.1) is 0 Å². The lowest BCUT2D eigenvalue weighted by molar-refractivity contribution is -0.124. The Morgan fingerprint density at radius 2 is 1.35 bits per heavy atom. The molecule has 0 aromatic carbocycles. The van der Waals surface area contributed by atoms with E-state index in [0.29, 0.717) is 0 Å². The summed E-state index contributed by atoms with van der Waals surface area (Å²) in [6, 6.07) is 0. The van der Waals surface area contributed by atoms with Gasteiger partial charge in [0.2, 0.25) is 5.91 Å². The van der Waals surface area contributed by atoms with E-state index in [-0.39, 0.29) is 24.3 Å². The number of amides is 1. The molecule has 0 heterocycles. The minimum atomic E-state index is -0.236. The van der Waals surface area contributed by atoms with E-state index in [1.807, 2.05) is 0 Å². The van der Waals surface area contributed by atoms with Crippen LogP contribution in [-0.4, -0.2) is 17.6 Å². The van der Waals surface area contributed by atoms with E-state index >= 15 is 0 Å². The normalized spacial score (nSPS) is 14.0. The van der Waals surface area contributed by atoms with Gasteiger partial charge in [0.15, 0.2) is 0 Å². The quantitative estimate of drug-likeness (QED) is 0.213. The van der Waals surface area contributed by atoms with E-state index in [1.54, 1.807) is 0 Å². The van der Waals surface area contributed by atoms with Crippen LogP contribution in [-0.2, 0) is 4.79 Å². The van der Waals surface area contributed by atoms with E-state index in [0.717, 1.165) is 25.7 Å². The van der Waals surface area contributed by atoms with Crippen molar-refractivity contribution in [3.05, 3.63) is 12.2 Å². The second kappa shape index (κ2) is 18.9. The fourth-order valence-corrected chi connectivity index (χ4v) is 3.66. The van der Waals surface area contributed by atoms with E-state index in [2.05, 4.69) is 26.0 Å². The number of rotatable bonds is 19. The number of carbonyl (C=O) groups is 1. The molecule has 0 rings (SSSR count). The number of aliphatic hydroxyl groups is 1. The van der Waals surface area contributed by atoms with Gasteiger partial charge in [0.1, 0.15) is 0 Å². The molecule has 0 saturated heterocycles. The summed E-state index contributed by atoms with van der Waals surface area (Å²) < 4.78 is 0. The smallest absolute Gasteiger partial charge is 0.220 e. The molecule has 2 unspecified atom stereocenters. The highest BCUT2D eigenvalue weighted by molar-refractivity contribution is 5.76. The van der Waals surface area contributed by atoms with Gasteiger partial charge < -0.3 is 10.8 Å². The molecule has 0 bridgehead atoms. The van der Waals surface area contributed by atoms with Crippen molar-refractivity contribution in [3.63, 3.8) is 0 Å². The molecule has 0 spiro atoms. The molecule has 0 aliphatic heterocycles. The van der Waals surface area contributed by atoms with Gasteiger partial charge in [-0.1, -0.05) is 83.8 Å². The number of carbonyl (C=O) groups excluding carboxylic acids is 1. The number of allylic oxidation sites excluding steroid dienone is 2. The van der Waals surface area contributed by atoms with Crippen molar-refractivity contribution in [2.45, 2.75) is 110 Å². The van der Waals surface area contributed by atoms with Crippen molar-refractivity contribution < 1.29 is 9.90 Å². The van der Waals surface area contributed by atoms with E-state index in [1.165, 1.54) is 70.6 Å². The highest BCUT2D eigenvalue weighted by Crippen LogP contribution is 2.23. The zero-order valence-corrected chi connectivity index (χ0v) is 17.6. The lowest BCUT2D eigenvalue weighted by atomic mass is 9.84. The maximum atomic E-state index is 11.6. The van der Waals surface area contributed by atoms with Crippen molar-refractivity contribution in [2.24, 2.45) is 17.6 Å². The average Bonchev–Trinajstić information content (AvgIpc) is 2.63. The number of hydrogen-bond acceptors (Lipinski definition) is 2. The highest BCUT2D eigenvalue weighted by atomic mass is 16.3. The number of hydrogen-bond donors (Lipinski definition) is 2. The number of nitrogens with two attached hydrogens (primary N) is 1. The Morgan fingerprint density at radius 1 is 0.808 bits per heavy atom. The fraction of sp³-hybridized carbons (Fsp3) is 0.870. The molecule has 0 radical (unpaired) electrons. The summed E-state index contributed by atoms with van der Waals surface area (Å²) in [4.78, 5) is 11.6. The largest absolute Gasteiger partial charge is 0.396 e. The van der Waals surface area contributed by atoms with Crippen molar-refractivity contribution in [3.8, 4) is 0 Å². The van der Waals surface area contributed by atoms with Crippen LogP contribution in [0, 0.1) is 11.8 Å². The van der Waals surface area contributed by atoms with Crippen LogP contribution >= 0.6 is 0 Å². The van der Waals surface area contributed by atoms with Crippen molar-refractivity contribution in [1.29, 1.82) is 0 Å². The van der Waals surface area contributed by atoms with Gasteiger partial charge >= 0.3 is 0 Å². The maximum absolute atomic E-state index is 11.6. The molecule has 1 amide bonds. The summed E-state index contributed by atoms with van der Waals surface area (Å²) >= 11 is 0. The van der Waals surface area contributed by atoms with Crippen LogP contribution in [0.5, 0.6) is 0 Å². The molecule has 3 heteroatoms. The van der Waals surface area contributed by atoms with Crippen molar-refractivity contribution in [2.75, 3.05) is 6.61 Å². The second-order valence-corrected chi connectivity index (χ2v) is 7.76. The molecule has 0 saturated carbocycles. The Labute approximate surface area is 162 Å². The molecule has 0 aliphatic rings. The molecule has 3 nitrogen and oxygen atoms in total. The molecular weight excluding hydrogens is 322 g/mol. The van der Waals surface area contributed by atoms with Crippen LogP contribution in [0.2, 0.25) is 0 Å². The Balaban J connectivity index is 3.57. The maximum Gasteiger partial charge on any atom is 0.220 e. The summed E-state index contributed by atoms with van der Waals surface area (Å²) in [5.74, 6) is -0.336. The molecule has 3 N–H and O–H groups in total. The Morgan fingerprint density at radius 3 is 1.85 bits per heavy atom. The van der Waals surface area contributed by atoms with Crippen molar-refractivity contribution >= 4 is 5.91 Å². The zero-order valence-electron chi connectivity index (χ0n) is 17.6. The summed E-state index contributed by atoms with van der Waals surface area (Å²) in [6.45, 7) is 4.41. The van der Waals surface area contributed by atoms with Crippen LogP contribution in [0.1, 0.15) is 110 Å². The monoisotopic (exact) mass is 367 g/mol.